The summed E-state index contributed by atoms with van der Waals surface area (Å²) < 4.78 is 0. The van der Waals surface area contributed by atoms with Gasteiger partial charge in [-0.25, -0.2) is 0 Å². The molecule has 2 rings (SSSR count). The van der Waals surface area contributed by atoms with Crippen molar-refractivity contribution in [3.8, 4) is 0 Å². The first-order valence-electron chi connectivity index (χ1n) is 6.78. The molecule has 4 nitrogen and oxygen atoms in total. The van der Waals surface area contributed by atoms with Crippen LogP contribution in [0, 0.1) is 6.92 Å². The Labute approximate surface area is 123 Å². The molecule has 1 aliphatic rings. The second kappa shape index (κ2) is 6.27. The highest BCUT2D eigenvalue weighted by molar-refractivity contribution is 6.33. The van der Waals surface area contributed by atoms with Crippen LogP contribution in [0.1, 0.15) is 41.6 Å². The Balaban J connectivity index is 2.22. The van der Waals surface area contributed by atoms with Gasteiger partial charge in [0.15, 0.2) is 0 Å². The molecule has 5 heteroatoms. The van der Waals surface area contributed by atoms with E-state index in [0.717, 1.165) is 24.8 Å². The fourth-order valence-electron chi connectivity index (χ4n) is 2.63. The van der Waals surface area contributed by atoms with E-state index in [2.05, 4.69) is 0 Å². The van der Waals surface area contributed by atoms with Gasteiger partial charge in [0, 0.05) is 12.6 Å². The Morgan fingerprint density at radius 2 is 2.15 bits per heavy atom. The smallest absolute Gasteiger partial charge is 0.305 e. The van der Waals surface area contributed by atoms with E-state index in [1.165, 1.54) is 0 Å². The van der Waals surface area contributed by atoms with Crippen LogP contribution in [0.15, 0.2) is 18.2 Å². The summed E-state index contributed by atoms with van der Waals surface area (Å²) in [5, 5.41) is 9.39. The molecular weight excluding hydrogens is 278 g/mol. The van der Waals surface area contributed by atoms with Crippen LogP contribution in [0.4, 0.5) is 0 Å². The molecule has 1 aromatic rings. The van der Waals surface area contributed by atoms with Gasteiger partial charge < -0.3 is 10.0 Å². The van der Waals surface area contributed by atoms with E-state index >= 15 is 0 Å². The number of hydrogen-bond donors (Lipinski definition) is 1. The maximum Gasteiger partial charge on any atom is 0.305 e. The molecule has 1 saturated heterocycles. The zero-order valence-corrected chi connectivity index (χ0v) is 12.2. The van der Waals surface area contributed by atoms with Crippen molar-refractivity contribution in [1.82, 2.24) is 4.90 Å². The van der Waals surface area contributed by atoms with Gasteiger partial charge in [-0.05, 0) is 43.9 Å². The van der Waals surface area contributed by atoms with Crippen LogP contribution in [-0.2, 0) is 4.79 Å². The molecule has 1 amide bonds. The number of amides is 1. The zero-order valence-electron chi connectivity index (χ0n) is 11.4. The number of rotatable bonds is 3. The first-order valence-corrected chi connectivity index (χ1v) is 7.15. The van der Waals surface area contributed by atoms with Crippen LogP contribution in [0.5, 0.6) is 0 Å². The topological polar surface area (TPSA) is 57.6 Å². The minimum Gasteiger partial charge on any atom is -0.481 e. The van der Waals surface area contributed by atoms with Gasteiger partial charge in [-0.2, -0.15) is 0 Å². The van der Waals surface area contributed by atoms with Gasteiger partial charge in [-0.1, -0.05) is 17.7 Å². The molecule has 0 saturated carbocycles. The van der Waals surface area contributed by atoms with Crippen molar-refractivity contribution in [3.63, 3.8) is 0 Å². The average Bonchev–Trinajstić information content (AvgIpc) is 2.38. The predicted molar refractivity (Wildman–Crippen MR) is 77.1 cm³/mol. The van der Waals surface area contributed by atoms with Gasteiger partial charge >= 0.3 is 5.97 Å². The number of aliphatic carboxylic acids is 1. The fraction of sp³-hybridized carbons (Fsp3) is 0.467. The van der Waals surface area contributed by atoms with Gasteiger partial charge in [0.25, 0.3) is 5.91 Å². The lowest BCUT2D eigenvalue weighted by molar-refractivity contribution is -0.138. The number of halogens is 1. The molecule has 0 spiro atoms. The third-order valence-corrected chi connectivity index (χ3v) is 3.97. The van der Waals surface area contributed by atoms with Crippen molar-refractivity contribution in [2.45, 2.75) is 38.6 Å². The molecule has 1 aromatic carbocycles. The number of carbonyl (C=O) groups is 2. The van der Waals surface area contributed by atoms with Crippen molar-refractivity contribution in [2.75, 3.05) is 6.54 Å². The third-order valence-electron chi connectivity index (χ3n) is 3.65. The monoisotopic (exact) mass is 295 g/mol. The van der Waals surface area contributed by atoms with Crippen LogP contribution in [0.2, 0.25) is 5.02 Å². The maximum absolute atomic E-state index is 12.6. The fourth-order valence-corrected chi connectivity index (χ4v) is 2.95. The number of likely N-dealkylation sites (tertiary alicyclic amines) is 1. The molecule has 1 aliphatic heterocycles. The summed E-state index contributed by atoms with van der Waals surface area (Å²) in [6, 6.07) is 5.08. The number of carboxylic acids is 1. The molecule has 1 atom stereocenters. The summed E-state index contributed by atoms with van der Waals surface area (Å²) in [7, 11) is 0. The average molecular weight is 296 g/mol. The highest BCUT2D eigenvalue weighted by Gasteiger charge is 2.29. The van der Waals surface area contributed by atoms with Crippen LogP contribution in [0.3, 0.4) is 0 Å². The summed E-state index contributed by atoms with van der Waals surface area (Å²) in [5.74, 6) is -1.04. The van der Waals surface area contributed by atoms with Crippen LogP contribution in [0.25, 0.3) is 0 Å². The molecular formula is C15H18ClNO3. The van der Waals surface area contributed by atoms with E-state index in [4.69, 9.17) is 16.7 Å². The standard InChI is InChI=1S/C15H18ClNO3/c1-10-5-6-12(13(16)8-10)15(20)17-7-3-2-4-11(17)9-14(18)19/h5-6,8,11H,2-4,7,9H2,1H3,(H,18,19). The Hall–Kier alpha value is -1.55. The molecule has 1 N–H and O–H groups in total. The van der Waals surface area contributed by atoms with Gasteiger partial charge in [0.1, 0.15) is 0 Å². The van der Waals surface area contributed by atoms with Crippen molar-refractivity contribution in [1.29, 1.82) is 0 Å². The van der Waals surface area contributed by atoms with Crippen molar-refractivity contribution < 1.29 is 14.7 Å². The Morgan fingerprint density at radius 3 is 2.80 bits per heavy atom. The van der Waals surface area contributed by atoms with Crippen LogP contribution >= 0.6 is 11.6 Å². The summed E-state index contributed by atoms with van der Waals surface area (Å²) in [4.78, 5) is 25.2. The number of nitrogens with zero attached hydrogens (tertiary/aromatic N) is 1. The maximum atomic E-state index is 12.6. The van der Waals surface area contributed by atoms with E-state index in [-0.39, 0.29) is 18.4 Å². The van der Waals surface area contributed by atoms with Gasteiger partial charge in [-0.3, -0.25) is 9.59 Å². The molecule has 1 fully saturated rings. The summed E-state index contributed by atoms with van der Waals surface area (Å²) >= 11 is 6.13. The largest absolute Gasteiger partial charge is 0.481 e. The quantitative estimate of drug-likeness (QED) is 0.932. The number of aryl methyl sites for hydroxylation is 1. The van der Waals surface area contributed by atoms with E-state index < -0.39 is 5.97 Å². The lowest BCUT2D eigenvalue weighted by atomic mass is 9.98. The number of carboxylic acid groups (broad SMARTS) is 1. The number of hydrogen-bond acceptors (Lipinski definition) is 2. The Bertz CT molecular complexity index is 530. The van der Waals surface area contributed by atoms with E-state index in [0.29, 0.717) is 17.1 Å². The number of piperidine rings is 1. The molecule has 20 heavy (non-hydrogen) atoms. The zero-order chi connectivity index (χ0) is 14.7. The Morgan fingerprint density at radius 1 is 1.40 bits per heavy atom. The highest BCUT2D eigenvalue weighted by Crippen LogP contribution is 2.25. The first kappa shape index (κ1) is 14.9. The van der Waals surface area contributed by atoms with E-state index in [9.17, 15) is 9.59 Å². The second-order valence-electron chi connectivity index (χ2n) is 5.23. The van der Waals surface area contributed by atoms with Crippen molar-refractivity contribution in [3.05, 3.63) is 34.3 Å². The molecule has 1 heterocycles. The molecule has 0 aliphatic carbocycles. The SMILES string of the molecule is Cc1ccc(C(=O)N2CCCCC2CC(=O)O)c(Cl)c1. The predicted octanol–water partition coefficient (Wildman–Crippen LogP) is 3.12. The first-order chi connectivity index (χ1) is 9.49. The van der Waals surface area contributed by atoms with Gasteiger partial charge in [0.2, 0.25) is 0 Å². The molecule has 108 valence electrons. The van der Waals surface area contributed by atoms with E-state index in [1.807, 2.05) is 13.0 Å². The molecule has 1 unspecified atom stereocenters. The molecule has 0 aromatic heterocycles. The summed E-state index contributed by atoms with van der Waals surface area (Å²) in [6.45, 7) is 2.51. The Kier molecular flexibility index (Phi) is 4.65. The summed E-state index contributed by atoms with van der Waals surface area (Å²) in [6.07, 6.45) is 2.60. The van der Waals surface area contributed by atoms with Crippen LogP contribution in [-0.4, -0.2) is 34.5 Å². The number of benzene rings is 1. The van der Waals surface area contributed by atoms with Crippen molar-refractivity contribution in [2.24, 2.45) is 0 Å². The van der Waals surface area contributed by atoms with E-state index in [1.54, 1.807) is 17.0 Å². The summed E-state index contributed by atoms with van der Waals surface area (Å²) in [5.41, 5.74) is 1.45. The molecule has 0 radical (unpaired) electrons. The minimum absolute atomic E-state index is 0.00474. The highest BCUT2D eigenvalue weighted by atomic mass is 35.5. The van der Waals surface area contributed by atoms with Gasteiger partial charge in [0.05, 0.1) is 17.0 Å². The lowest BCUT2D eigenvalue weighted by Gasteiger charge is -2.35. The number of carbonyl (C=O) groups excluding carboxylic acids is 1. The second-order valence-corrected chi connectivity index (χ2v) is 5.64. The van der Waals surface area contributed by atoms with Crippen LogP contribution < -0.4 is 0 Å². The molecule has 0 bridgehead atoms. The minimum atomic E-state index is -0.871. The lowest BCUT2D eigenvalue weighted by Crippen LogP contribution is -2.44. The van der Waals surface area contributed by atoms with Crippen molar-refractivity contribution >= 4 is 23.5 Å². The van der Waals surface area contributed by atoms with Gasteiger partial charge in [-0.15, -0.1) is 0 Å². The third kappa shape index (κ3) is 3.31. The normalized spacial score (nSPS) is 18.9.